The molecule has 0 unspecified atom stereocenters. The number of benzene rings is 3. The van der Waals surface area contributed by atoms with Gasteiger partial charge in [-0.15, -0.1) is 10.2 Å². The van der Waals surface area contributed by atoms with Gasteiger partial charge in [0.25, 0.3) is 15.9 Å². The number of azo groups is 1. The van der Waals surface area contributed by atoms with E-state index in [0.717, 1.165) is 19.9 Å². The fourth-order valence-electron chi connectivity index (χ4n) is 3.62. The SMILES string of the molecule is Cc1ccc(S(=O)(=O)N(CC(=O)N=Nc2c(O)[nH]c3ccc(Br)cc23)c2cc(C)ccc2C)cc1. The van der Waals surface area contributed by atoms with Crippen molar-refractivity contribution in [3.63, 3.8) is 0 Å². The number of sulfonamides is 1. The average Bonchev–Trinajstić information content (AvgIpc) is 3.12. The van der Waals surface area contributed by atoms with Crippen molar-refractivity contribution in [2.24, 2.45) is 10.2 Å². The average molecular weight is 555 g/mol. The van der Waals surface area contributed by atoms with Gasteiger partial charge in [-0.2, -0.15) is 0 Å². The van der Waals surface area contributed by atoms with E-state index in [4.69, 9.17) is 0 Å². The molecule has 0 aliphatic rings. The fourth-order valence-corrected chi connectivity index (χ4v) is 5.45. The Hall–Kier alpha value is -3.50. The number of carbonyl (C=O) groups excluding carboxylic acids is 1. The molecule has 4 rings (SSSR count). The van der Waals surface area contributed by atoms with Gasteiger partial charge in [0.15, 0.2) is 5.69 Å². The van der Waals surface area contributed by atoms with Crippen LogP contribution in [0.4, 0.5) is 11.4 Å². The number of aromatic nitrogens is 1. The normalized spacial score (nSPS) is 11.9. The van der Waals surface area contributed by atoms with Gasteiger partial charge in [0.2, 0.25) is 5.88 Å². The first kappa shape index (κ1) is 24.6. The molecule has 8 nitrogen and oxygen atoms in total. The standard InChI is InChI=1S/C25H23BrN4O4S/c1-15-5-9-19(10-6-15)35(33,34)30(22-12-16(2)4-7-17(22)3)14-23(31)28-29-24-20-13-18(26)8-11-21(20)27-25(24)32/h4-13,27,32H,14H2,1-3H3. The number of aromatic amines is 1. The van der Waals surface area contributed by atoms with Gasteiger partial charge in [-0.25, -0.2) is 8.42 Å². The summed E-state index contributed by atoms with van der Waals surface area (Å²) in [6.07, 6.45) is 0. The molecular formula is C25H23BrN4O4S. The number of fused-ring (bicyclic) bond motifs is 1. The lowest BCUT2D eigenvalue weighted by Gasteiger charge is -2.25. The lowest BCUT2D eigenvalue weighted by molar-refractivity contribution is -0.116. The number of amides is 1. The lowest BCUT2D eigenvalue weighted by Crippen LogP contribution is -2.35. The molecule has 1 amide bonds. The molecule has 2 N–H and O–H groups in total. The fraction of sp³-hybridized carbons (Fsp3) is 0.160. The van der Waals surface area contributed by atoms with Gasteiger partial charge < -0.3 is 10.1 Å². The van der Waals surface area contributed by atoms with E-state index >= 15 is 0 Å². The molecule has 3 aromatic carbocycles. The van der Waals surface area contributed by atoms with Crippen LogP contribution in [0.1, 0.15) is 16.7 Å². The quantitative estimate of drug-likeness (QED) is 0.281. The molecule has 180 valence electrons. The van der Waals surface area contributed by atoms with Crippen LogP contribution in [0.15, 0.2) is 80.3 Å². The second-order valence-electron chi connectivity index (χ2n) is 8.22. The molecule has 0 bridgehead atoms. The van der Waals surface area contributed by atoms with Gasteiger partial charge >= 0.3 is 0 Å². The summed E-state index contributed by atoms with van der Waals surface area (Å²) in [5, 5.41) is 18.5. The highest BCUT2D eigenvalue weighted by Crippen LogP contribution is 2.37. The Morgan fingerprint density at radius 1 is 1.00 bits per heavy atom. The van der Waals surface area contributed by atoms with Crippen molar-refractivity contribution in [1.82, 2.24) is 4.98 Å². The van der Waals surface area contributed by atoms with Crippen molar-refractivity contribution in [2.45, 2.75) is 25.7 Å². The highest BCUT2D eigenvalue weighted by molar-refractivity contribution is 9.10. The van der Waals surface area contributed by atoms with Crippen LogP contribution in [-0.4, -0.2) is 31.0 Å². The van der Waals surface area contributed by atoms with Gasteiger partial charge in [-0.1, -0.05) is 45.8 Å². The second kappa shape index (κ2) is 9.63. The number of nitrogens with zero attached hydrogens (tertiary/aromatic N) is 3. The van der Waals surface area contributed by atoms with Gasteiger partial charge in [0.05, 0.1) is 16.1 Å². The largest absolute Gasteiger partial charge is 0.493 e. The van der Waals surface area contributed by atoms with E-state index in [1.165, 1.54) is 12.1 Å². The van der Waals surface area contributed by atoms with Crippen molar-refractivity contribution >= 4 is 54.1 Å². The number of nitrogens with one attached hydrogen (secondary N) is 1. The van der Waals surface area contributed by atoms with E-state index < -0.39 is 22.5 Å². The number of rotatable bonds is 6. The number of hydrogen-bond donors (Lipinski definition) is 2. The Balaban J connectivity index is 1.72. The molecule has 0 atom stereocenters. The maximum Gasteiger partial charge on any atom is 0.285 e. The van der Waals surface area contributed by atoms with E-state index in [2.05, 4.69) is 31.1 Å². The zero-order valence-electron chi connectivity index (χ0n) is 19.3. The van der Waals surface area contributed by atoms with E-state index in [1.807, 2.05) is 19.9 Å². The zero-order chi connectivity index (χ0) is 25.3. The predicted octanol–water partition coefficient (Wildman–Crippen LogP) is 6.07. The van der Waals surface area contributed by atoms with E-state index in [1.54, 1.807) is 49.4 Å². The van der Waals surface area contributed by atoms with E-state index in [0.29, 0.717) is 22.2 Å². The Labute approximate surface area is 211 Å². The topological polar surface area (TPSA) is 115 Å². The molecule has 10 heteroatoms. The second-order valence-corrected chi connectivity index (χ2v) is 11.0. The first-order valence-electron chi connectivity index (χ1n) is 10.7. The molecule has 35 heavy (non-hydrogen) atoms. The highest BCUT2D eigenvalue weighted by Gasteiger charge is 2.28. The third kappa shape index (κ3) is 5.13. The minimum atomic E-state index is -4.08. The molecule has 0 radical (unpaired) electrons. The molecule has 0 fully saturated rings. The Morgan fingerprint density at radius 3 is 2.40 bits per heavy atom. The van der Waals surface area contributed by atoms with Crippen LogP contribution in [0.3, 0.4) is 0 Å². The third-order valence-corrected chi connectivity index (χ3v) is 7.76. The maximum atomic E-state index is 13.6. The molecule has 0 saturated carbocycles. The number of aryl methyl sites for hydroxylation is 3. The van der Waals surface area contributed by atoms with Crippen molar-refractivity contribution < 1.29 is 18.3 Å². The summed E-state index contributed by atoms with van der Waals surface area (Å²) in [4.78, 5) is 15.7. The number of anilines is 1. The summed E-state index contributed by atoms with van der Waals surface area (Å²) in [6.45, 7) is 4.93. The summed E-state index contributed by atoms with van der Waals surface area (Å²) in [5.74, 6) is -1.03. The summed E-state index contributed by atoms with van der Waals surface area (Å²) in [7, 11) is -4.08. The first-order valence-corrected chi connectivity index (χ1v) is 12.9. The van der Waals surface area contributed by atoms with Crippen molar-refractivity contribution in [3.05, 3.63) is 81.8 Å². The molecule has 1 heterocycles. The van der Waals surface area contributed by atoms with Crippen LogP contribution in [0.5, 0.6) is 5.88 Å². The van der Waals surface area contributed by atoms with Gasteiger partial charge in [0.1, 0.15) is 6.54 Å². The van der Waals surface area contributed by atoms with Crippen LogP contribution in [-0.2, 0) is 14.8 Å². The molecule has 0 spiro atoms. The van der Waals surface area contributed by atoms with Crippen LogP contribution in [0.25, 0.3) is 10.9 Å². The third-order valence-electron chi connectivity index (χ3n) is 5.50. The Morgan fingerprint density at radius 2 is 1.69 bits per heavy atom. The van der Waals surface area contributed by atoms with Crippen LogP contribution < -0.4 is 4.31 Å². The van der Waals surface area contributed by atoms with E-state index in [-0.39, 0.29) is 16.5 Å². The number of aromatic hydroxyl groups is 1. The van der Waals surface area contributed by atoms with E-state index in [9.17, 15) is 18.3 Å². The molecule has 0 saturated heterocycles. The summed E-state index contributed by atoms with van der Waals surface area (Å²) >= 11 is 3.37. The minimum absolute atomic E-state index is 0.0628. The number of H-pyrrole nitrogens is 1. The van der Waals surface area contributed by atoms with Crippen LogP contribution in [0, 0.1) is 20.8 Å². The molecular weight excluding hydrogens is 532 g/mol. The van der Waals surface area contributed by atoms with Crippen LogP contribution in [0.2, 0.25) is 0 Å². The number of halogens is 1. The Bertz CT molecular complexity index is 1560. The van der Waals surface area contributed by atoms with Crippen molar-refractivity contribution in [3.8, 4) is 5.88 Å². The van der Waals surface area contributed by atoms with Crippen molar-refractivity contribution in [2.75, 3.05) is 10.8 Å². The van der Waals surface area contributed by atoms with Gasteiger partial charge in [0, 0.05) is 9.86 Å². The molecule has 1 aromatic heterocycles. The Kier molecular flexibility index (Phi) is 6.77. The first-order chi connectivity index (χ1) is 16.6. The predicted molar refractivity (Wildman–Crippen MR) is 139 cm³/mol. The summed E-state index contributed by atoms with van der Waals surface area (Å²) in [6, 6.07) is 17.1. The summed E-state index contributed by atoms with van der Waals surface area (Å²) < 4.78 is 29.0. The van der Waals surface area contributed by atoms with Gasteiger partial charge in [-0.3, -0.25) is 9.10 Å². The van der Waals surface area contributed by atoms with Crippen molar-refractivity contribution in [1.29, 1.82) is 0 Å². The highest BCUT2D eigenvalue weighted by atomic mass is 79.9. The monoisotopic (exact) mass is 554 g/mol. The molecule has 0 aliphatic heterocycles. The summed E-state index contributed by atoms with van der Waals surface area (Å²) in [5.41, 5.74) is 3.54. The molecule has 4 aromatic rings. The van der Waals surface area contributed by atoms with Crippen LogP contribution >= 0.6 is 15.9 Å². The van der Waals surface area contributed by atoms with Gasteiger partial charge in [-0.05, 0) is 68.3 Å². The molecule has 0 aliphatic carbocycles. The number of hydrogen-bond acceptors (Lipinski definition) is 5. The minimum Gasteiger partial charge on any atom is -0.493 e. The maximum absolute atomic E-state index is 13.6. The number of carbonyl (C=O) groups is 1. The smallest absolute Gasteiger partial charge is 0.285 e. The zero-order valence-corrected chi connectivity index (χ0v) is 21.7. The lowest BCUT2D eigenvalue weighted by atomic mass is 10.1.